The molecule has 0 aliphatic heterocycles. The van der Waals surface area contributed by atoms with Gasteiger partial charge in [0.05, 0.1) is 27.2 Å². The predicted octanol–water partition coefficient (Wildman–Crippen LogP) is 3.73. The summed E-state index contributed by atoms with van der Waals surface area (Å²) in [6.45, 7) is 1.67. The Balaban J connectivity index is 1.94. The standard InChI is InChI=1S/C19H20BrClN2O4/c1-11-14(21)5-4-6-15(11)23-19(25)10-22-18(24)8-12-7-16(26-2)17(27-3)9-13(12)20/h4-7,9H,8,10H2,1-3H3,(H,22,24)(H,23,25). The van der Waals surface area contributed by atoms with Crippen molar-refractivity contribution in [1.82, 2.24) is 5.32 Å². The lowest BCUT2D eigenvalue weighted by Crippen LogP contribution is -2.34. The van der Waals surface area contributed by atoms with Gasteiger partial charge < -0.3 is 20.1 Å². The maximum atomic E-state index is 12.2. The molecular formula is C19H20BrClN2O4. The van der Waals surface area contributed by atoms with Crippen molar-refractivity contribution in [2.24, 2.45) is 0 Å². The van der Waals surface area contributed by atoms with Crippen LogP contribution in [-0.4, -0.2) is 32.6 Å². The van der Waals surface area contributed by atoms with Crippen LogP contribution >= 0.6 is 27.5 Å². The Morgan fingerprint density at radius 3 is 2.44 bits per heavy atom. The predicted molar refractivity (Wildman–Crippen MR) is 109 cm³/mol. The summed E-state index contributed by atoms with van der Waals surface area (Å²) in [6, 6.07) is 8.70. The largest absolute Gasteiger partial charge is 0.493 e. The van der Waals surface area contributed by atoms with E-state index in [1.165, 1.54) is 14.2 Å². The molecule has 0 bridgehead atoms. The van der Waals surface area contributed by atoms with Crippen molar-refractivity contribution >= 4 is 45.0 Å². The summed E-state index contributed by atoms with van der Waals surface area (Å²) in [5, 5.41) is 5.90. The number of amides is 2. The summed E-state index contributed by atoms with van der Waals surface area (Å²) >= 11 is 9.44. The van der Waals surface area contributed by atoms with Crippen molar-refractivity contribution < 1.29 is 19.1 Å². The molecule has 0 atom stereocenters. The highest BCUT2D eigenvalue weighted by Crippen LogP contribution is 2.33. The number of benzene rings is 2. The van der Waals surface area contributed by atoms with E-state index in [-0.39, 0.29) is 24.8 Å². The number of halogens is 2. The lowest BCUT2D eigenvalue weighted by Gasteiger charge is -2.12. The zero-order valence-electron chi connectivity index (χ0n) is 15.2. The van der Waals surface area contributed by atoms with E-state index in [1.54, 1.807) is 30.3 Å². The van der Waals surface area contributed by atoms with E-state index in [0.29, 0.717) is 26.7 Å². The van der Waals surface area contributed by atoms with Gasteiger partial charge in [0, 0.05) is 15.2 Å². The number of methoxy groups -OCH3 is 2. The molecular weight excluding hydrogens is 436 g/mol. The van der Waals surface area contributed by atoms with Crippen LogP contribution in [-0.2, 0) is 16.0 Å². The second-order valence-corrected chi connectivity index (χ2v) is 6.97. The van der Waals surface area contributed by atoms with Crippen LogP contribution in [0.15, 0.2) is 34.8 Å². The fraction of sp³-hybridized carbons (Fsp3) is 0.263. The summed E-state index contributed by atoms with van der Waals surface area (Å²) in [4.78, 5) is 24.3. The third-order valence-corrected chi connectivity index (χ3v) is 5.04. The second kappa shape index (κ2) is 9.62. The molecule has 8 heteroatoms. The highest BCUT2D eigenvalue weighted by molar-refractivity contribution is 9.10. The molecule has 0 aromatic heterocycles. The molecule has 2 aromatic carbocycles. The number of hydrogen-bond donors (Lipinski definition) is 2. The first-order valence-corrected chi connectivity index (χ1v) is 9.24. The first-order chi connectivity index (χ1) is 12.8. The molecule has 0 saturated carbocycles. The van der Waals surface area contributed by atoms with Gasteiger partial charge in [0.1, 0.15) is 0 Å². The molecule has 0 saturated heterocycles. The summed E-state index contributed by atoms with van der Waals surface area (Å²) in [7, 11) is 3.06. The van der Waals surface area contributed by atoms with Gasteiger partial charge >= 0.3 is 0 Å². The van der Waals surface area contributed by atoms with Crippen LogP contribution in [0.3, 0.4) is 0 Å². The Bertz CT molecular complexity index is 858. The lowest BCUT2D eigenvalue weighted by atomic mass is 10.1. The quantitative estimate of drug-likeness (QED) is 0.667. The van der Waals surface area contributed by atoms with Crippen LogP contribution in [0.5, 0.6) is 11.5 Å². The second-order valence-electron chi connectivity index (χ2n) is 5.71. The maximum Gasteiger partial charge on any atom is 0.243 e. The van der Waals surface area contributed by atoms with Gasteiger partial charge in [0.15, 0.2) is 11.5 Å². The van der Waals surface area contributed by atoms with Gasteiger partial charge in [-0.25, -0.2) is 0 Å². The van der Waals surface area contributed by atoms with Crippen LogP contribution in [0.4, 0.5) is 5.69 Å². The summed E-state index contributed by atoms with van der Waals surface area (Å²) in [6.07, 6.45) is 0.0877. The smallest absolute Gasteiger partial charge is 0.243 e. The average Bonchev–Trinajstić information content (AvgIpc) is 2.65. The van der Waals surface area contributed by atoms with E-state index in [2.05, 4.69) is 26.6 Å². The highest BCUT2D eigenvalue weighted by Gasteiger charge is 2.14. The Labute approximate surface area is 171 Å². The van der Waals surface area contributed by atoms with Gasteiger partial charge in [-0.15, -0.1) is 0 Å². The molecule has 0 radical (unpaired) electrons. The fourth-order valence-electron chi connectivity index (χ4n) is 2.38. The molecule has 2 rings (SSSR count). The number of carbonyl (C=O) groups is 2. The topological polar surface area (TPSA) is 76.7 Å². The molecule has 27 heavy (non-hydrogen) atoms. The van der Waals surface area contributed by atoms with E-state index in [9.17, 15) is 9.59 Å². The first-order valence-electron chi connectivity index (χ1n) is 8.07. The molecule has 0 fully saturated rings. The van der Waals surface area contributed by atoms with E-state index in [4.69, 9.17) is 21.1 Å². The van der Waals surface area contributed by atoms with Gasteiger partial charge in [-0.1, -0.05) is 33.6 Å². The molecule has 2 amide bonds. The molecule has 0 unspecified atom stereocenters. The number of ether oxygens (including phenoxy) is 2. The minimum atomic E-state index is -0.333. The minimum absolute atomic E-state index is 0.0877. The molecule has 0 aliphatic rings. The third-order valence-electron chi connectivity index (χ3n) is 3.89. The van der Waals surface area contributed by atoms with Crippen LogP contribution < -0.4 is 20.1 Å². The third kappa shape index (κ3) is 5.61. The van der Waals surface area contributed by atoms with Gasteiger partial charge in [-0.05, 0) is 42.3 Å². The molecule has 2 N–H and O–H groups in total. The zero-order valence-corrected chi connectivity index (χ0v) is 17.5. The van der Waals surface area contributed by atoms with Crippen molar-refractivity contribution in [3.8, 4) is 11.5 Å². The van der Waals surface area contributed by atoms with Gasteiger partial charge in [0.2, 0.25) is 11.8 Å². The van der Waals surface area contributed by atoms with Crippen LogP contribution in [0.1, 0.15) is 11.1 Å². The Morgan fingerprint density at radius 2 is 1.78 bits per heavy atom. The van der Waals surface area contributed by atoms with E-state index < -0.39 is 0 Å². The van der Waals surface area contributed by atoms with Crippen molar-refractivity contribution in [3.63, 3.8) is 0 Å². The molecule has 6 nitrogen and oxygen atoms in total. The maximum absolute atomic E-state index is 12.2. The molecule has 0 heterocycles. The molecule has 0 aliphatic carbocycles. The molecule has 144 valence electrons. The highest BCUT2D eigenvalue weighted by atomic mass is 79.9. The van der Waals surface area contributed by atoms with E-state index in [0.717, 1.165) is 11.1 Å². The first kappa shape index (κ1) is 21.1. The van der Waals surface area contributed by atoms with Crippen molar-refractivity contribution in [3.05, 3.63) is 51.0 Å². The van der Waals surface area contributed by atoms with Gasteiger partial charge in [-0.2, -0.15) is 0 Å². The molecule has 2 aromatic rings. The van der Waals surface area contributed by atoms with Gasteiger partial charge in [-0.3, -0.25) is 9.59 Å². The van der Waals surface area contributed by atoms with E-state index >= 15 is 0 Å². The SMILES string of the molecule is COc1cc(Br)c(CC(=O)NCC(=O)Nc2cccc(Cl)c2C)cc1OC. The molecule has 0 spiro atoms. The van der Waals surface area contributed by atoms with Crippen LogP contribution in [0, 0.1) is 6.92 Å². The fourth-order valence-corrected chi connectivity index (χ4v) is 3.02. The van der Waals surface area contributed by atoms with Crippen LogP contribution in [0.25, 0.3) is 0 Å². The van der Waals surface area contributed by atoms with E-state index in [1.807, 2.05) is 6.92 Å². The monoisotopic (exact) mass is 454 g/mol. The van der Waals surface area contributed by atoms with Gasteiger partial charge in [0.25, 0.3) is 0 Å². The number of rotatable bonds is 7. The zero-order chi connectivity index (χ0) is 20.0. The summed E-state index contributed by atoms with van der Waals surface area (Å²) in [5.74, 6) is 0.462. The minimum Gasteiger partial charge on any atom is -0.493 e. The number of nitrogens with one attached hydrogen (secondary N) is 2. The Hall–Kier alpha value is -2.25. The Morgan fingerprint density at radius 1 is 1.11 bits per heavy atom. The summed E-state index contributed by atoms with van der Waals surface area (Å²) in [5.41, 5.74) is 2.11. The number of anilines is 1. The normalized spacial score (nSPS) is 10.3. The average molecular weight is 456 g/mol. The number of carbonyl (C=O) groups excluding carboxylic acids is 2. The Kier molecular flexibility index (Phi) is 7.50. The van der Waals surface area contributed by atoms with Crippen molar-refractivity contribution in [2.75, 3.05) is 26.1 Å². The number of hydrogen-bond acceptors (Lipinski definition) is 4. The van der Waals surface area contributed by atoms with Crippen LogP contribution in [0.2, 0.25) is 5.02 Å². The van der Waals surface area contributed by atoms with Crippen molar-refractivity contribution in [2.45, 2.75) is 13.3 Å². The summed E-state index contributed by atoms with van der Waals surface area (Å²) < 4.78 is 11.2. The lowest BCUT2D eigenvalue weighted by molar-refractivity contribution is -0.123. The van der Waals surface area contributed by atoms with Crippen molar-refractivity contribution in [1.29, 1.82) is 0 Å².